The number of fused-ring (bicyclic) bond motifs is 6. The smallest absolute Gasteiger partial charge is 0.0629 e. The van der Waals surface area contributed by atoms with Crippen LogP contribution < -0.4 is 4.90 Å². The Balaban J connectivity index is 0.987. The number of nitrogens with zero attached hydrogens (tertiary/aromatic N) is 2. The third-order valence-electron chi connectivity index (χ3n) is 11.3. The minimum Gasteiger partial charge on any atom is -0.310 e. The lowest BCUT2D eigenvalue weighted by molar-refractivity contribution is 1.19. The first-order chi connectivity index (χ1) is 30.9. The number of hydrogen-bond acceptors (Lipinski definition) is 1. The Labute approximate surface area is 345 Å². The molecule has 0 unspecified atom stereocenters. The largest absolute Gasteiger partial charge is 0.310 e. The second-order valence-electron chi connectivity index (χ2n) is 14.6. The van der Waals surface area contributed by atoms with Gasteiger partial charge in [0.1, 0.15) is 0 Å². The molecule has 0 aliphatic rings. The lowest BCUT2D eigenvalue weighted by atomic mass is 9.94. The molecule has 58 heavy (non-hydrogen) atoms. The third kappa shape index (κ3) is 5.74. The summed E-state index contributed by atoms with van der Waals surface area (Å²) in [4.78, 5) is 2.20. The highest BCUT2D eigenvalue weighted by Gasteiger charge is 2.19. The highest BCUT2D eigenvalue weighted by atomic mass is 15.1. The maximum absolute atomic E-state index is 8.54. The predicted molar refractivity (Wildman–Crippen MR) is 247 cm³/mol. The Bertz CT molecular complexity index is 3520. The number of aromatic nitrogens is 1. The quantitative estimate of drug-likeness (QED) is 0.158. The van der Waals surface area contributed by atoms with E-state index in [4.69, 9.17) is 6.85 Å². The first-order valence-electron chi connectivity index (χ1n) is 22.0. The van der Waals surface area contributed by atoms with Crippen molar-refractivity contribution in [3.63, 3.8) is 0 Å². The van der Waals surface area contributed by atoms with Crippen LogP contribution in [0.25, 0.3) is 82.4 Å². The lowest BCUT2D eigenvalue weighted by Crippen LogP contribution is -2.10. The summed E-state index contributed by atoms with van der Waals surface area (Å²) in [6.07, 6.45) is 0. The predicted octanol–water partition coefficient (Wildman–Crippen LogP) is 15.6. The molecule has 1 heterocycles. The van der Waals surface area contributed by atoms with Crippen molar-refractivity contribution in [2.24, 2.45) is 0 Å². The van der Waals surface area contributed by atoms with Gasteiger partial charge in [0, 0.05) is 38.6 Å². The van der Waals surface area contributed by atoms with E-state index in [-0.39, 0.29) is 29.7 Å². The van der Waals surface area contributed by atoms with Gasteiger partial charge in [0.2, 0.25) is 0 Å². The topological polar surface area (TPSA) is 8.17 Å². The fourth-order valence-corrected chi connectivity index (χ4v) is 8.55. The SMILES string of the molecule is [2H]c1c([2H])c([2H])c(-c2ccc(N(c3ccccc3)c3ccc(-c4ccc(-c5ccc6c7ccc8ccccc8c7n(-c7ccccc7)c6c5)cc4)c4ccccc34)cc2)c([2H])c1[2H]. The molecule has 0 amide bonds. The molecule has 2 nitrogen and oxygen atoms in total. The molecule has 0 saturated carbocycles. The first kappa shape index (κ1) is 28.7. The van der Waals surface area contributed by atoms with Gasteiger partial charge in [-0.25, -0.2) is 0 Å². The van der Waals surface area contributed by atoms with Crippen molar-refractivity contribution in [1.82, 2.24) is 4.57 Å². The zero-order valence-electron chi connectivity index (χ0n) is 36.4. The van der Waals surface area contributed by atoms with Crippen LogP contribution in [-0.2, 0) is 0 Å². The molecule has 11 aromatic rings. The molecule has 10 aromatic carbocycles. The third-order valence-corrected chi connectivity index (χ3v) is 11.3. The van der Waals surface area contributed by atoms with E-state index in [0.717, 1.165) is 55.8 Å². The average molecular weight is 744 g/mol. The van der Waals surface area contributed by atoms with E-state index >= 15 is 0 Å². The number of hydrogen-bond donors (Lipinski definition) is 0. The molecule has 0 aliphatic carbocycles. The molecule has 272 valence electrons. The molecule has 11 rings (SSSR count). The maximum Gasteiger partial charge on any atom is 0.0629 e. The second kappa shape index (κ2) is 14.1. The fourth-order valence-electron chi connectivity index (χ4n) is 8.55. The number of para-hydroxylation sites is 2. The van der Waals surface area contributed by atoms with Gasteiger partial charge in [0.05, 0.1) is 23.6 Å². The summed E-state index contributed by atoms with van der Waals surface area (Å²) in [6, 6.07) is 68.5. The summed E-state index contributed by atoms with van der Waals surface area (Å²) in [5.41, 5.74) is 11.6. The Morgan fingerprint density at radius 3 is 1.74 bits per heavy atom. The summed E-state index contributed by atoms with van der Waals surface area (Å²) in [5.74, 6) is 0. The van der Waals surface area contributed by atoms with E-state index in [2.05, 4.69) is 167 Å². The highest BCUT2D eigenvalue weighted by Crippen LogP contribution is 2.43. The molecule has 2 heteroatoms. The Morgan fingerprint density at radius 1 is 0.379 bits per heavy atom. The molecular formula is C56H38N2. The van der Waals surface area contributed by atoms with E-state index < -0.39 is 6.04 Å². The Kier molecular flexibility index (Phi) is 6.98. The van der Waals surface area contributed by atoms with Crippen molar-refractivity contribution >= 4 is 60.4 Å². The van der Waals surface area contributed by atoms with Crippen molar-refractivity contribution in [3.05, 3.63) is 230 Å². The van der Waals surface area contributed by atoms with Gasteiger partial charge in [-0.2, -0.15) is 0 Å². The van der Waals surface area contributed by atoms with Gasteiger partial charge in [-0.3, -0.25) is 0 Å². The van der Waals surface area contributed by atoms with Crippen LogP contribution in [0, 0.1) is 0 Å². The van der Waals surface area contributed by atoms with E-state index in [1.54, 1.807) is 0 Å². The monoisotopic (exact) mass is 743 g/mol. The van der Waals surface area contributed by atoms with Crippen LogP contribution in [0.4, 0.5) is 17.1 Å². The zero-order valence-corrected chi connectivity index (χ0v) is 31.4. The number of rotatable bonds is 7. The summed E-state index contributed by atoms with van der Waals surface area (Å²) in [6.45, 7) is 0. The van der Waals surface area contributed by atoms with E-state index in [0.29, 0.717) is 5.56 Å². The van der Waals surface area contributed by atoms with Crippen LogP contribution in [0.1, 0.15) is 6.85 Å². The summed E-state index contributed by atoms with van der Waals surface area (Å²) in [7, 11) is 0. The van der Waals surface area contributed by atoms with Gasteiger partial charge < -0.3 is 9.47 Å². The van der Waals surface area contributed by atoms with Gasteiger partial charge in [-0.15, -0.1) is 0 Å². The summed E-state index contributed by atoms with van der Waals surface area (Å²) >= 11 is 0. The Hall–Kier alpha value is -7.68. The van der Waals surface area contributed by atoms with Gasteiger partial charge in [0.25, 0.3) is 0 Å². The van der Waals surface area contributed by atoms with Crippen LogP contribution >= 0.6 is 0 Å². The van der Waals surface area contributed by atoms with Gasteiger partial charge in [-0.05, 0) is 92.7 Å². The average Bonchev–Trinajstić information content (AvgIpc) is 3.68. The molecule has 0 fully saturated rings. The normalized spacial score (nSPS) is 12.7. The molecule has 0 saturated heterocycles. The fraction of sp³-hybridized carbons (Fsp3) is 0. The van der Waals surface area contributed by atoms with Crippen LogP contribution in [0.5, 0.6) is 0 Å². The van der Waals surface area contributed by atoms with Crippen molar-refractivity contribution in [1.29, 1.82) is 0 Å². The number of benzene rings is 10. The first-order valence-corrected chi connectivity index (χ1v) is 19.5. The molecule has 0 aliphatic heterocycles. The van der Waals surface area contributed by atoms with Gasteiger partial charge >= 0.3 is 0 Å². The molecule has 0 spiro atoms. The Morgan fingerprint density at radius 2 is 0.966 bits per heavy atom. The van der Waals surface area contributed by atoms with Crippen molar-refractivity contribution in [2.75, 3.05) is 4.90 Å². The van der Waals surface area contributed by atoms with Crippen LogP contribution in [0.3, 0.4) is 0 Å². The molecule has 0 bridgehead atoms. The molecule has 0 N–H and O–H groups in total. The summed E-state index contributed by atoms with van der Waals surface area (Å²) < 4.78 is 44.0. The zero-order chi connectivity index (χ0) is 42.8. The van der Waals surface area contributed by atoms with E-state index in [1.165, 1.54) is 32.6 Å². The number of anilines is 3. The van der Waals surface area contributed by atoms with E-state index in [1.807, 2.05) is 42.5 Å². The maximum atomic E-state index is 8.54. The van der Waals surface area contributed by atoms with Crippen molar-refractivity contribution in [2.45, 2.75) is 0 Å². The van der Waals surface area contributed by atoms with Crippen molar-refractivity contribution in [3.8, 4) is 39.1 Å². The molecule has 0 atom stereocenters. The van der Waals surface area contributed by atoms with Crippen LogP contribution in [0.15, 0.2) is 230 Å². The lowest BCUT2D eigenvalue weighted by Gasteiger charge is -2.27. The summed E-state index contributed by atoms with van der Waals surface area (Å²) in [5, 5.41) is 7.10. The van der Waals surface area contributed by atoms with E-state index in [9.17, 15) is 0 Å². The minimum atomic E-state index is -0.401. The van der Waals surface area contributed by atoms with Gasteiger partial charge in [0.15, 0.2) is 0 Å². The van der Waals surface area contributed by atoms with Gasteiger partial charge in [-0.1, -0.05) is 182 Å². The minimum absolute atomic E-state index is 0.185. The second-order valence-corrected chi connectivity index (χ2v) is 14.6. The van der Waals surface area contributed by atoms with Crippen molar-refractivity contribution < 1.29 is 6.85 Å². The van der Waals surface area contributed by atoms with Crippen LogP contribution in [-0.4, -0.2) is 4.57 Å². The highest BCUT2D eigenvalue weighted by molar-refractivity contribution is 6.19. The molecular weight excluding hydrogens is 701 g/mol. The molecule has 1 aromatic heterocycles. The molecule has 0 radical (unpaired) electrons. The standard InChI is InChI=1S/C56H38N2/c1-4-14-39(15-5-1)40-28-32-47(33-29-40)57(45-17-6-2-7-18-45)54-37-36-48(50-22-12-13-23-51(50)54)43-26-24-41(25-27-43)44-31-34-52-53-35-30-42-16-10-11-21-49(42)56(53)58(55(52)38-44)46-19-8-3-9-20-46/h1-38H/i1D,4D,5D,14D,15D. The van der Waals surface area contributed by atoms with Crippen LogP contribution in [0.2, 0.25) is 0 Å².